The Balaban J connectivity index is 1.86. The average Bonchev–Trinajstić information content (AvgIpc) is 2.88. The first-order valence-electron chi connectivity index (χ1n) is 5.53. The zero-order valence-corrected chi connectivity index (χ0v) is 8.54. The van der Waals surface area contributed by atoms with Gasteiger partial charge in [0.25, 0.3) is 0 Å². The van der Waals surface area contributed by atoms with Crippen molar-refractivity contribution in [3.05, 3.63) is 0 Å². The van der Waals surface area contributed by atoms with Gasteiger partial charge in [-0.15, -0.1) is 0 Å². The number of amides is 1. The SMILES string of the molecule is NCC1CCN(C(=O)[C@@H]2CCCN2)C1. The number of carbonyl (C=O) groups is 1. The quantitative estimate of drug-likeness (QED) is 0.630. The first-order chi connectivity index (χ1) is 6.81. The third-order valence-electron chi connectivity index (χ3n) is 3.29. The van der Waals surface area contributed by atoms with Crippen molar-refractivity contribution < 1.29 is 4.79 Å². The second-order valence-electron chi connectivity index (χ2n) is 4.32. The lowest BCUT2D eigenvalue weighted by atomic mass is 10.1. The minimum Gasteiger partial charge on any atom is -0.341 e. The van der Waals surface area contributed by atoms with Crippen molar-refractivity contribution in [2.45, 2.75) is 25.3 Å². The molecule has 0 spiro atoms. The van der Waals surface area contributed by atoms with Gasteiger partial charge in [0.2, 0.25) is 5.91 Å². The van der Waals surface area contributed by atoms with Crippen LogP contribution >= 0.6 is 0 Å². The van der Waals surface area contributed by atoms with Gasteiger partial charge in [-0.25, -0.2) is 0 Å². The molecule has 4 nitrogen and oxygen atoms in total. The van der Waals surface area contributed by atoms with Gasteiger partial charge >= 0.3 is 0 Å². The van der Waals surface area contributed by atoms with E-state index in [-0.39, 0.29) is 6.04 Å². The van der Waals surface area contributed by atoms with E-state index in [1.807, 2.05) is 4.90 Å². The molecular weight excluding hydrogens is 178 g/mol. The fourth-order valence-electron chi connectivity index (χ4n) is 2.34. The van der Waals surface area contributed by atoms with Crippen molar-refractivity contribution in [2.75, 3.05) is 26.2 Å². The Kier molecular flexibility index (Phi) is 3.03. The van der Waals surface area contributed by atoms with Crippen LogP contribution in [0.4, 0.5) is 0 Å². The first kappa shape index (κ1) is 9.93. The Morgan fingerprint density at radius 2 is 2.36 bits per heavy atom. The van der Waals surface area contributed by atoms with Crippen LogP contribution in [-0.4, -0.2) is 43.0 Å². The van der Waals surface area contributed by atoms with E-state index in [0.29, 0.717) is 18.4 Å². The molecule has 0 bridgehead atoms. The van der Waals surface area contributed by atoms with Crippen LogP contribution in [0.15, 0.2) is 0 Å². The van der Waals surface area contributed by atoms with Crippen LogP contribution in [0.1, 0.15) is 19.3 Å². The maximum Gasteiger partial charge on any atom is 0.239 e. The van der Waals surface area contributed by atoms with Crippen LogP contribution in [0, 0.1) is 5.92 Å². The Morgan fingerprint density at radius 3 is 2.93 bits per heavy atom. The summed E-state index contributed by atoms with van der Waals surface area (Å²) in [5, 5.41) is 3.24. The summed E-state index contributed by atoms with van der Waals surface area (Å²) in [6.07, 6.45) is 3.21. The van der Waals surface area contributed by atoms with Gasteiger partial charge < -0.3 is 16.0 Å². The average molecular weight is 197 g/mol. The Bertz CT molecular complexity index is 213. The molecule has 0 aromatic heterocycles. The molecule has 2 fully saturated rings. The molecule has 2 aliphatic rings. The number of nitrogens with zero attached hydrogens (tertiary/aromatic N) is 1. The molecule has 0 aliphatic carbocycles. The van der Waals surface area contributed by atoms with E-state index in [0.717, 1.165) is 38.9 Å². The topological polar surface area (TPSA) is 58.4 Å². The predicted molar refractivity (Wildman–Crippen MR) is 54.8 cm³/mol. The van der Waals surface area contributed by atoms with Crippen molar-refractivity contribution in [2.24, 2.45) is 11.7 Å². The van der Waals surface area contributed by atoms with Crippen molar-refractivity contribution in [3.63, 3.8) is 0 Å². The number of nitrogens with one attached hydrogen (secondary N) is 1. The molecule has 1 amide bonds. The number of rotatable bonds is 2. The zero-order chi connectivity index (χ0) is 9.97. The standard InChI is InChI=1S/C10H19N3O/c11-6-8-3-5-13(7-8)10(14)9-2-1-4-12-9/h8-9,12H,1-7,11H2/t8?,9-/m0/s1. The van der Waals surface area contributed by atoms with Gasteiger partial charge in [0.1, 0.15) is 0 Å². The summed E-state index contributed by atoms with van der Waals surface area (Å²) >= 11 is 0. The smallest absolute Gasteiger partial charge is 0.239 e. The van der Waals surface area contributed by atoms with Gasteiger partial charge in [-0.2, -0.15) is 0 Å². The maximum absolute atomic E-state index is 11.9. The van der Waals surface area contributed by atoms with E-state index in [1.54, 1.807) is 0 Å². The van der Waals surface area contributed by atoms with Gasteiger partial charge in [-0.1, -0.05) is 0 Å². The molecule has 14 heavy (non-hydrogen) atoms. The van der Waals surface area contributed by atoms with Crippen molar-refractivity contribution in [1.29, 1.82) is 0 Å². The van der Waals surface area contributed by atoms with Gasteiger partial charge in [0, 0.05) is 13.1 Å². The minimum atomic E-state index is 0.0894. The highest BCUT2D eigenvalue weighted by molar-refractivity contribution is 5.82. The van der Waals surface area contributed by atoms with E-state index in [1.165, 1.54) is 0 Å². The molecule has 0 aromatic rings. The summed E-state index contributed by atoms with van der Waals surface area (Å²) < 4.78 is 0. The summed E-state index contributed by atoms with van der Waals surface area (Å²) in [6.45, 7) is 3.47. The number of likely N-dealkylation sites (tertiary alicyclic amines) is 1. The van der Waals surface area contributed by atoms with Crippen LogP contribution in [0.5, 0.6) is 0 Å². The fraction of sp³-hybridized carbons (Fsp3) is 0.900. The normalized spacial score (nSPS) is 32.5. The Hall–Kier alpha value is -0.610. The molecule has 1 unspecified atom stereocenters. The van der Waals surface area contributed by atoms with Crippen LogP contribution < -0.4 is 11.1 Å². The van der Waals surface area contributed by atoms with Gasteiger partial charge in [-0.3, -0.25) is 4.79 Å². The molecule has 0 aromatic carbocycles. The highest BCUT2D eigenvalue weighted by Gasteiger charge is 2.31. The van der Waals surface area contributed by atoms with Gasteiger partial charge in [0.15, 0.2) is 0 Å². The zero-order valence-electron chi connectivity index (χ0n) is 8.54. The molecule has 0 radical (unpaired) electrons. The molecule has 2 atom stereocenters. The summed E-state index contributed by atoms with van der Waals surface area (Å²) in [5.74, 6) is 0.818. The van der Waals surface area contributed by atoms with Crippen LogP contribution in [0.25, 0.3) is 0 Å². The fourth-order valence-corrected chi connectivity index (χ4v) is 2.34. The maximum atomic E-state index is 11.9. The molecule has 4 heteroatoms. The van der Waals surface area contributed by atoms with E-state index < -0.39 is 0 Å². The lowest BCUT2D eigenvalue weighted by Gasteiger charge is -2.20. The highest BCUT2D eigenvalue weighted by Crippen LogP contribution is 2.18. The number of hydrogen-bond acceptors (Lipinski definition) is 3. The summed E-state index contributed by atoms with van der Waals surface area (Å²) in [5.41, 5.74) is 5.60. The lowest BCUT2D eigenvalue weighted by Crippen LogP contribution is -2.42. The first-order valence-corrected chi connectivity index (χ1v) is 5.53. The van der Waals surface area contributed by atoms with Crippen LogP contribution in [0.2, 0.25) is 0 Å². The summed E-state index contributed by atoms with van der Waals surface area (Å²) in [4.78, 5) is 13.9. The number of hydrogen-bond donors (Lipinski definition) is 2. The van der Waals surface area contributed by atoms with Crippen molar-refractivity contribution >= 4 is 5.91 Å². The van der Waals surface area contributed by atoms with E-state index in [4.69, 9.17) is 5.73 Å². The monoisotopic (exact) mass is 197 g/mol. The minimum absolute atomic E-state index is 0.0894. The van der Waals surface area contributed by atoms with Crippen molar-refractivity contribution in [3.8, 4) is 0 Å². The van der Waals surface area contributed by atoms with E-state index >= 15 is 0 Å². The molecule has 2 aliphatic heterocycles. The largest absolute Gasteiger partial charge is 0.341 e. The molecule has 3 N–H and O–H groups in total. The Labute approximate surface area is 84.8 Å². The van der Waals surface area contributed by atoms with Gasteiger partial charge in [-0.05, 0) is 38.3 Å². The molecule has 2 rings (SSSR count). The second-order valence-corrected chi connectivity index (χ2v) is 4.32. The predicted octanol–water partition coefficient (Wildman–Crippen LogP) is -0.454. The van der Waals surface area contributed by atoms with E-state index in [9.17, 15) is 4.79 Å². The van der Waals surface area contributed by atoms with Crippen molar-refractivity contribution in [1.82, 2.24) is 10.2 Å². The van der Waals surface area contributed by atoms with Crippen LogP contribution in [0.3, 0.4) is 0 Å². The molecule has 80 valence electrons. The lowest BCUT2D eigenvalue weighted by molar-refractivity contribution is -0.132. The van der Waals surface area contributed by atoms with Crippen LogP contribution in [-0.2, 0) is 4.79 Å². The number of nitrogens with two attached hydrogens (primary N) is 1. The highest BCUT2D eigenvalue weighted by atomic mass is 16.2. The molecule has 2 heterocycles. The molecule has 2 saturated heterocycles. The van der Waals surface area contributed by atoms with E-state index in [2.05, 4.69) is 5.32 Å². The second kappa shape index (κ2) is 4.28. The third-order valence-corrected chi connectivity index (χ3v) is 3.29. The molecular formula is C10H19N3O. The number of carbonyl (C=O) groups excluding carboxylic acids is 1. The third kappa shape index (κ3) is 1.91. The summed E-state index contributed by atoms with van der Waals surface area (Å²) in [6, 6.07) is 0.0894. The summed E-state index contributed by atoms with van der Waals surface area (Å²) in [7, 11) is 0. The van der Waals surface area contributed by atoms with Gasteiger partial charge in [0.05, 0.1) is 6.04 Å². The Morgan fingerprint density at radius 1 is 1.50 bits per heavy atom. The molecule has 0 saturated carbocycles.